The highest BCUT2D eigenvalue weighted by molar-refractivity contribution is 5.91. The lowest BCUT2D eigenvalue weighted by molar-refractivity contribution is -0.118. The first-order valence-electron chi connectivity index (χ1n) is 9.03. The molecule has 2 N–H and O–H groups in total. The molecule has 0 fully saturated rings. The Bertz CT molecular complexity index is 866. The van der Waals surface area contributed by atoms with Gasteiger partial charge in [0.25, 0.3) is 5.91 Å². The molecule has 1 heterocycles. The highest BCUT2D eigenvalue weighted by Gasteiger charge is 2.04. The first kappa shape index (κ1) is 19.2. The zero-order valence-electron chi connectivity index (χ0n) is 15.7. The molecular formula is C22H23N3O3. The molecule has 0 spiro atoms. The smallest absolute Gasteiger partial charge is 0.262 e. The van der Waals surface area contributed by atoms with Gasteiger partial charge in [-0.1, -0.05) is 30.3 Å². The van der Waals surface area contributed by atoms with Crippen molar-refractivity contribution >= 4 is 17.4 Å². The average molecular weight is 377 g/mol. The predicted molar refractivity (Wildman–Crippen MR) is 110 cm³/mol. The van der Waals surface area contributed by atoms with Crippen molar-refractivity contribution in [1.82, 2.24) is 4.98 Å². The topological polar surface area (TPSA) is 72.5 Å². The van der Waals surface area contributed by atoms with Gasteiger partial charge in [0.1, 0.15) is 17.3 Å². The van der Waals surface area contributed by atoms with Gasteiger partial charge in [0.05, 0.1) is 19.0 Å². The summed E-state index contributed by atoms with van der Waals surface area (Å²) in [6.07, 6.45) is 2.50. The molecule has 2 aromatic carbocycles. The third-order valence-corrected chi connectivity index (χ3v) is 4.04. The van der Waals surface area contributed by atoms with Gasteiger partial charge in [-0.05, 0) is 48.4 Å². The summed E-state index contributed by atoms with van der Waals surface area (Å²) in [6, 6.07) is 20.9. The van der Waals surface area contributed by atoms with E-state index in [2.05, 4.69) is 15.6 Å². The molecule has 0 aliphatic rings. The van der Waals surface area contributed by atoms with E-state index in [1.54, 1.807) is 25.4 Å². The molecule has 6 nitrogen and oxygen atoms in total. The van der Waals surface area contributed by atoms with Crippen LogP contribution in [0.4, 0.5) is 11.5 Å². The van der Waals surface area contributed by atoms with Crippen molar-refractivity contribution in [3.05, 3.63) is 78.5 Å². The maximum absolute atomic E-state index is 12.0. The lowest BCUT2D eigenvalue weighted by Gasteiger charge is -2.09. The van der Waals surface area contributed by atoms with Crippen LogP contribution in [0.15, 0.2) is 72.9 Å². The van der Waals surface area contributed by atoms with Gasteiger partial charge < -0.3 is 20.1 Å². The Labute approximate surface area is 164 Å². The van der Waals surface area contributed by atoms with Crippen LogP contribution < -0.4 is 20.1 Å². The number of anilines is 2. The number of methoxy groups -OCH3 is 1. The van der Waals surface area contributed by atoms with Gasteiger partial charge in [-0.3, -0.25) is 4.79 Å². The minimum absolute atomic E-state index is 0.0497. The number of pyridine rings is 1. The SMILES string of the molecule is COc1ccc(CCNc2ccc(NC(=O)COc3ccccc3)cn2)cc1. The van der Waals surface area contributed by atoms with Gasteiger partial charge in [0, 0.05) is 6.54 Å². The van der Waals surface area contributed by atoms with Crippen LogP contribution in [0.5, 0.6) is 11.5 Å². The largest absolute Gasteiger partial charge is 0.497 e. The maximum Gasteiger partial charge on any atom is 0.262 e. The van der Waals surface area contributed by atoms with Crippen LogP contribution in [0.2, 0.25) is 0 Å². The van der Waals surface area contributed by atoms with E-state index in [-0.39, 0.29) is 12.5 Å². The molecule has 0 bridgehead atoms. The monoisotopic (exact) mass is 377 g/mol. The molecular weight excluding hydrogens is 354 g/mol. The van der Waals surface area contributed by atoms with Gasteiger partial charge in [0.15, 0.2) is 6.61 Å². The van der Waals surface area contributed by atoms with Crippen LogP contribution in [0.3, 0.4) is 0 Å². The van der Waals surface area contributed by atoms with Gasteiger partial charge in [0.2, 0.25) is 0 Å². The van der Waals surface area contributed by atoms with E-state index in [1.807, 2.05) is 54.6 Å². The second kappa shape index (κ2) is 9.97. The molecule has 3 rings (SSSR count). The standard InChI is InChI=1S/C22H23N3O3/c1-27-19-10-7-17(8-11-19)13-14-23-21-12-9-18(15-24-21)25-22(26)16-28-20-5-3-2-4-6-20/h2-12,15H,13-14,16H2,1H3,(H,23,24)(H,25,26). The fourth-order valence-electron chi connectivity index (χ4n) is 2.56. The summed E-state index contributed by atoms with van der Waals surface area (Å²) in [5, 5.41) is 6.04. The van der Waals surface area contributed by atoms with E-state index < -0.39 is 0 Å². The molecule has 0 saturated heterocycles. The zero-order valence-corrected chi connectivity index (χ0v) is 15.7. The fraction of sp³-hybridized carbons (Fsp3) is 0.182. The van der Waals surface area contributed by atoms with Gasteiger partial charge in [-0.15, -0.1) is 0 Å². The summed E-state index contributed by atoms with van der Waals surface area (Å²) >= 11 is 0. The zero-order chi connectivity index (χ0) is 19.6. The van der Waals surface area contributed by atoms with Crippen molar-refractivity contribution in [3.63, 3.8) is 0 Å². The molecule has 0 unspecified atom stereocenters. The second-order valence-electron chi connectivity index (χ2n) is 6.11. The number of amides is 1. The summed E-state index contributed by atoms with van der Waals surface area (Å²) in [5.74, 6) is 2.04. The van der Waals surface area contributed by atoms with Gasteiger partial charge >= 0.3 is 0 Å². The van der Waals surface area contributed by atoms with Crippen LogP contribution in [-0.2, 0) is 11.2 Å². The molecule has 28 heavy (non-hydrogen) atoms. The summed E-state index contributed by atoms with van der Waals surface area (Å²) in [5.41, 5.74) is 1.85. The Balaban J connectivity index is 1.40. The van der Waals surface area contributed by atoms with Crippen LogP contribution in [0.1, 0.15) is 5.56 Å². The van der Waals surface area contributed by atoms with Crippen molar-refractivity contribution in [2.24, 2.45) is 0 Å². The highest BCUT2D eigenvalue weighted by Crippen LogP contribution is 2.13. The Morgan fingerprint density at radius 2 is 1.75 bits per heavy atom. The number of ether oxygens (including phenoxy) is 2. The number of nitrogens with zero attached hydrogens (tertiary/aromatic N) is 1. The Morgan fingerprint density at radius 3 is 2.43 bits per heavy atom. The number of hydrogen-bond acceptors (Lipinski definition) is 5. The minimum Gasteiger partial charge on any atom is -0.497 e. The molecule has 0 saturated carbocycles. The number of rotatable bonds is 9. The van der Waals surface area contributed by atoms with Gasteiger partial charge in [-0.25, -0.2) is 4.98 Å². The van der Waals surface area contributed by atoms with Crippen molar-refractivity contribution in [1.29, 1.82) is 0 Å². The Morgan fingerprint density at radius 1 is 0.964 bits per heavy atom. The average Bonchev–Trinajstić information content (AvgIpc) is 2.75. The summed E-state index contributed by atoms with van der Waals surface area (Å²) in [7, 11) is 1.66. The summed E-state index contributed by atoms with van der Waals surface area (Å²) in [6.45, 7) is 0.710. The fourth-order valence-corrected chi connectivity index (χ4v) is 2.56. The molecule has 0 aliphatic heterocycles. The maximum atomic E-state index is 12.0. The summed E-state index contributed by atoms with van der Waals surface area (Å²) < 4.78 is 10.6. The Kier molecular flexibility index (Phi) is 6.84. The van der Waals surface area contributed by atoms with E-state index in [9.17, 15) is 4.79 Å². The molecule has 144 valence electrons. The van der Waals surface area contributed by atoms with Crippen LogP contribution in [0, 0.1) is 0 Å². The number of carbonyl (C=O) groups excluding carboxylic acids is 1. The number of para-hydroxylation sites is 1. The molecule has 0 radical (unpaired) electrons. The number of aromatic nitrogens is 1. The second-order valence-corrected chi connectivity index (χ2v) is 6.11. The highest BCUT2D eigenvalue weighted by atomic mass is 16.5. The van der Waals surface area contributed by atoms with Crippen molar-refractivity contribution < 1.29 is 14.3 Å². The molecule has 6 heteroatoms. The van der Waals surface area contributed by atoms with E-state index in [0.29, 0.717) is 11.4 Å². The number of carbonyl (C=O) groups is 1. The van der Waals surface area contributed by atoms with Crippen molar-refractivity contribution in [3.8, 4) is 11.5 Å². The third kappa shape index (κ3) is 6.02. The normalized spacial score (nSPS) is 10.2. The lowest BCUT2D eigenvalue weighted by Crippen LogP contribution is -2.20. The molecule has 1 amide bonds. The van der Waals surface area contributed by atoms with Crippen molar-refractivity contribution in [2.45, 2.75) is 6.42 Å². The van der Waals surface area contributed by atoms with Crippen LogP contribution >= 0.6 is 0 Å². The Hall–Kier alpha value is -3.54. The van der Waals surface area contributed by atoms with E-state index >= 15 is 0 Å². The van der Waals surface area contributed by atoms with Crippen molar-refractivity contribution in [2.75, 3.05) is 30.9 Å². The molecule has 1 aromatic heterocycles. The number of benzene rings is 2. The summed E-state index contributed by atoms with van der Waals surface area (Å²) in [4.78, 5) is 16.3. The predicted octanol–water partition coefficient (Wildman–Crippen LogP) is 3.76. The van der Waals surface area contributed by atoms with Gasteiger partial charge in [-0.2, -0.15) is 0 Å². The van der Waals surface area contributed by atoms with Crippen LogP contribution in [-0.4, -0.2) is 31.2 Å². The number of hydrogen-bond donors (Lipinski definition) is 2. The third-order valence-electron chi connectivity index (χ3n) is 4.04. The van der Waals surface area contributed by atoms with E-state index in [1.165, 1.54) is 5.56 Å². The van der Waals surface area contributed by atoms with E-state index in [4.69, 9.17) is 9.47 Å². The quantitative estimate of drug-likeness (QED) is 0.594. The molecule has 3 aromatic rings. The first-order valence-corrected chi connectivity index (χ1v) is 9.03. The molecule has 0 atom stereocenters. The number of nitrogens with one attached hydrogen (secondary N) is 2. The first-order chi connectivity index (χ1) is 13.7. The molecule has 0 aliphatic carbocycles. The van der Waals surface area contributed by atoms with Crippen LogP contribution in [0.25, 0.3) is 0 Å². The van der Waals surface area contributed by atoms with E-state index in [0.717, 1.165) is 24.5 Å². The lowest BCUT2D eigenvalue weighted by atomic mass is 10.1. The minimum atomic E-state index is -0.231.